The normalized spacial score (nSPS) is 31.3. The largest absolute Gasteiger partial charge is 0.462 e. The van der Waals surface area contributed by atoms with Gasteiger partial charge in [-0.1, -0.05) is 20.8 Å². The van der Waals surface area contributed by atoms with Crippen molar-refractivity contribution in [1.82, 2.24) is 0 Å². The quantitative estimate of drug-likeness (QED) is 0.771. The summed E-state index contributed by atoms with van der Waals surface area (Å²) in [7, 11) is 0. The highest BCUT2D eigenvalue weighted by Gasteiger charge is 2.36. The van der Waals surface area contributed by atoms with Gasteiger partial charge in [0.15, 0.2) is 0 Å². The van der Waals surface area contributed by atoms with Crippen LogP contribution in [0.1, 0.15) is 59.8 Å². The molecule has 1 fully saturated rings. The van der Waals surface area contributed by atoms with Gasteiger partial charge in [0.2, 0.25) is 0 Å². The van der Waals surface area contributed by atoms with Crippen LogP contribution in [-0.2, 0) is 9.53 Å². The maximum atomic E-state index is 11.5. The molecule has 3 heteroatoms. The number of rotatable bonds is 4. The molecule has 0 aromatic heterocycles. The van der Waals surface area contributed by atoms with Crippen molar-refractivity contribution in [3.05, 3.63) is 0 Å². The maximum Gasteiger partial charge on any atom is 0.308 e. The van der Waals surface area contributed by atoms with E-state index in [2.05, 4.69) is 20.8 Å². The summed E-state index contributed by atoms with van der Waals surface area (Å²) >= 11 is 0. The molecule has 1 rings (SSSR count). The van der Waals surface area contributed by atoms with Crippen molar-refractivity contribution >= 4 is 5.97 Å². The fraction of sp³-hybridized carbons (Fsp3) is 0.929. The lowest BCUT2D eigenvalue weighted by Gasteiger charge is -2.41. The van der Waals surface area contributed by atoms with Crippen molar-refractivity contribution in [1.29, 1.82) is 0 Å². The van der Waals surface area contributed by atoms with Gasteiger partial charge in [-0.2, -0.15) is 0 Å². The van der Waals surface area contributed by atoms with Crippen LogP contribution in [0, 0.1) is 11.3 Å². The molecule has 0 aromatic carbocycles. The zero-order chi connectivity index (χ0) is 13.1. The van der Waals surface area contributed by atoms with Crippen LogP contribution in [0.15, 0.2) is 0 Å². The van der Waals surface area contributed by atoms with Crippen LogP contribution < -0.4 is 0 Å². The number of ether oxygens (including phenoxy) is 1. The number of carbonyl (C=O) groups is 1. The minimum atomic E-state index is -0.609. The predicted octanol–water partition coefficient (Wildman–Crippen LogP) is 2.91. The van der Waals surface area contributed by atoms with Crippen LogP contribution in [0.4, 0.5) is 0 Å². The number of esters is 1. The van der Waals surface area contributed by atoms with E-state index in [0.717, 1.165) is 19.3 Å². The maximum absolute atomic E-state index is 11.5. The van der Waals surface area contributed by atoms with Gasteiger partial charge in [0.05, 0.1) is 12.5 Å². The van der Waals surface area contributed by atoms with Gasteiger partial charge < -0.3 is 9.84 Å². The molecule has 1 N–H and O–H groups in total. The van der Waals surface area contributed by atoms with E-state index in [1.165, 1.54) is 6.42 Å². The molecule has 0 amide bonds. The molecule has 3 nitrogen and oxygen atoms in total. The fourth-order valence-corrected chi connectivity index (χ4v) is 2.56. The van der Waals surface area contributed by atoms with Crippen molar-refractivity contribution < 1.29 is 14.6 Å². The van der Waals surface area contributed by atoms with Gasteiger partial charge in [-0.15, -0.1) is 0 Å². The van der Waals surface area contributed by atoms with E-state index in [1.807, 2.05) is 0 Å². The van der Waals surface area contributed by atoms with Crippen molar-refractivity contribution in [2.75, 3.05) is 0 Å². The molecular weight excluding hydrogens is 216 g/mol. The average Bonchev–Trinajstić information content (AvgIpc) is 2.15. The third-order valence-corrected chi connectivity index (χ3v) is 4.12. The lowest BCUT2D eigenvalue weighted by atomic mass is 9.67. The van der Waals surface area contributed by atoms with Crippen molar-refractivity contribution in [2.24, 2.45) is 11.3 Å². The number of hydrogen-bond acceptors (Lipinski definition) is 3. The van der Waals surface area contributed by atoms with Crippen molar-refractivity contribution in [3.63, 3.8) is 0 Å². The minimum absolute atomic E-state index is 0.0439. The molecule has 0 spiro atoms. The summed E-state index contributed by atoms with van der Waals surface area (Å²) in [5, 5.41) is 9.14. The van der Waals surface area contributed by atoms with E-state index in [1.54, 1.807) is 6.92 Å². The van der Waals surface area contributed by atoms with E-state index >= 15 is 0 Å². The van der Waals surface area contributed by atoms with E-state index < -0.39 is 6.10 Å². The van der Waals surface area contributed by atoms with E-state index in [0.29, 0.717) is 5.92 Å². The first kappa shape index (κ1) is 14.5. The van der Waals surface area contributed by atoms with Gasteiger partial charge in [0, 0.05) is 0 Å². The van der Waals surface area contributed by atoms with Crippen LogP contribution in [0.25, 0.3) is 0 Å². The Labute approximate surface area is 105 Å². The van der Waals surface area contributed by atoms with Gasteiger partial charge in [-0.3, -0.25) is 4.79 Å². The molecular formula is C14H26O3. The lowest BCUT2D eigenvalue weighted by molar-refractivity contribution is -0.155. The first-order valence-corrected chi connectivity index (χ1v) is 6.71. The zero-order valence-electron chi connectivity index (χ0n) is 11.5. The third-order valence-electron chi connectivity index (χ3n) is 4.12. The van der Waals surface area contributed by atoms with Crippen LogP contribution in [0.2, 0.25) is 0 Å². The fourth-order valence-electron chi connectivity index (χ4n) is 2.56. The van der Waals surface area contributed by atoms with Gasteiger partial charge in [0.25, 0.3) is 0 Å². The Morgan fingerprint density at radius 1 is 1.47 bits per heavy atom. The average molecular weight is 242 g/mol. The summed E-state index contributed by atoms with van der Waals surface area (Å²) < 4.78 is 5.45. The SMILES string of the molecule is CC(O)CC(=O)O[C@@H]1CCCC(C)(C(C)C)C1. The van der Waals surface area contributed by atoms with Crippen LogP contribution in [0.3, 0.4) is 0 Å². The van der Waals surface area contributed by atoms with E-state index in [9.17, 15) is 4.79 Å². The first-order chi connectivity index (χ1) is 7.83. The third kappa shape index (κ3) is 4.30. The second-order valence-electron chi connectivity index (χ2n) is 6.07. The Morgan fingerprint density at radius 2 is 2.12 bits per heavy atom. The highest BCUT2D eigenvalue weighted by atomic mass is 16.5. The standard InChI is InChI=1S/C14H26O3/c1-10(2)14(4)7-5-6-12(9-14)17-13(16)8-11(3)15/h10-12,15H,5-9H2,1-4H3/t11?,12-,14?/m1/s1. The Morgan fingerprint density at radius 3 is 2.65 bits per heavy atom. The zero-order valence-corrected chi connectivity index (χ0v) is 11.5. The highest BCUT2D eigenvalue weighted by Crippen LogP contribution is 2.42. The Kier molecular flexibility index (Phi) is 4.99. The van der Waals surface area contributed by atoms with Crippen molar-refractivity contribution in [2.45, 2.75) is 72.0 Å². The van der Waals surface area contributed by atoms with Gasteiger partial charge in [-0.05, 0) is 43.9 Å². The number of aliphatic hydroxyl groups is 1. The second kappa shape index (κ2) is 5.85. The summed E-state index contributed by atoms with van der Waals surface area (Å²) in [6, 6.07) is 0. The van der Waals surface area contributed by atoms with Gasteiger partial charge in [-0.25, -0.2) is 0 Å². The molecule has 0 heterocycles. The molecule has 0 aliphatic heterocycles. The molecule has 0 saturated heterocycles. The molecule has 1 aliphatic carbocycles. The number of hydrogen-bond donors (Lipinski definition) is 1. The summed E-state index contributed by atoms with van der Waals surface area (Å²) in [5.41, 5.74) is 0.286. The second-order valence-corrected chi connectivity index (χ2v) is 6.07. The minimum Gasteiger partial charge on any atom is -0.462 e. The summed E-state index contributed by atoms with van der Waals surface area (Å²) in [6.07, 6.45) is 3.81. The van der Waals surface area contributed by atoms with Crippen molar-refractivity contribution in [3.8, 4) is 0 Å². The molecule has 0 radical (unpaired) electrons. The molecule has 3 atom stereocenters. The molecule has 0 aromatic rings. The number of carbonyl (C=O) groups excluding carboxylic acids is 1. The Bertz CT molecular complexity index is 260. The predicted molar refractivity (Wildman–Crippen MR) is 67.6 cm³/mol. The molecule has 0 bridgehead atoms. The topological polar surface area (TPSA) is 46.5 Å². The molecule has 1 saturated carbocycles. The molecule has 2 unspecified atom stereocenters. The molecule has 1 aliphatic rings. The summed E-state index contributed by atoms with van der Waals surface area (Å²) in [5.74, 6) is 0.346. The van der Waals surface area contributed by atoms with Crippen LogP contribution in [0.5, 0.6) is 0 Å². The van der Waals surface area contributed by atoms with Gasteiger partial charge in [0.1, 0.15) is 6.10 Å². The Hall–Kier alpha value is -0.570. The van der Waals surface area contributed by atoms with E-state index in [-0.39, 0.29) is 23.9 Å². The van der Waals surface area contributed by atoms with Crippen LogP contribution in [-0.4, -0.2) is 23.3 Å². The summed E-state index contributed by atoms with van der Waals surface area (Å²) in [4.78, 5) is 11.5. The Balaban J connectivity index is 2.47. The monoisotopic (exact) mass is 242 g/mol. The van der Waals surface area contributed by atoms with Gasteiger partial charge >= 0.3 is 5.97 Å². The lowest BCUT2D eigenvalue weighted by Crippen LogP contribution is -2.35. The first-order valence-electron chi connectivity index (χ1n) is 6.71. The molecule has 100 valence electrons. The number of aliphatic hydroxyl groups excluding tert-OH is 1. The van der Waals surface area contributed by atoms with E-state index in [4.69, 9.17) is 9.84 Å². The highest BCUT2D eigenvalue weighted by molar-refractivity contribution is 5.70. The smallest absolute Gasteiger partial charge is 0.308 e. The molecule has 17 heavy (non-hydrogen) atoms. The van der Waals surface area contributed by atoms with Crippen LogP contribution >= 0.6 is 0 Å². The summed E-state index contributed by atoms with van der Waals surface area (Å²) in [6.45, 7) is 8.37.